The van der Waals surface area contributed by atoms with Crippen molar-refractivity contribution in [1.82, 2.24) is 9.97 Å². The molecule has 1 saturated heterocycles. The number of aryl methyl sites for hydroxylation is 1. The van der Waals surface area contributed by atoms with Gasteiger partial charge in [-0.3, -0.25) is 0 Å². The van der Waals surface area contributed by atoms with E-state index in [0.29, 0.717) is 6.04 Å². The van der Waals surface area contributed by atoms with Gasteiger partial charge in [0.2, 0.25) is 0 Å². The van der Waals surface area contributed by atoms with Crippen LogP contribution in [-0.2, 0) is 0 Å². The van der Waals surface area contributed by atoms with Gasteiger partial charge >= 0.3 is 0 Å². The summed E-state index contributed by atoms with van der Waals surface area (Å²) in [6.07, 6.45) is 2.53. The summed E-state index contributed by atoms with van der Waals surface area (Å²) in [5.41, 5.74) is 0. The van der Waals surface area contributed by atoms with Crippen molar-refractivity contribution in [2.45, 2.75) is 39.7 Å². The lowest BCUT2D eigenvalue weighted by molar-refractivity contribution is 0.724. The highest BCUT2D eigenvalue weighted by molar-refractivity contribution is 5.50. The molecule has 0 bridgehead atoms. The molecule has 0 aliphatic carbocycles. The first-order valence-electron chi connectivity index (χ1n) is 6.07. The lowest BCUT2D eigenvalue weighted by Gasteiger charge is -2.23. The van der Waals surface area contributed by atoms with Gasteiger partial charge in [0, 0.05) is 25.2 Å². The third-order valence-corrected chi connectivity index (χ3v) is 3.03. The second-order valence-electron chi connectivity index (χ2n) is 4.37. The maximum atomic E-state index is 4.52. The van der Waals surface area contributed by atoms with Gasteiger partial charge in [-0.25, -0.2) is 9.97 Å². The lowest BCUT2D eigenvalue weighted by Crippen LogP contribution is -2.27. The predicted octanol–water partition coefficient (Wildman–Crippen LogP) is 2.21. The van der Waals surface area contributed by atoms with Crippen LogP contribution >= 0.6 is 0 Å². The molecule has 1 aliphatic heterocycles. The quantitative estimate of drug-likeness (QED) is 0.848. The van der Waals surface area contributed by atoms with E-state index in [2.05, 4.69) is 40.1 Å². The predicted molar refractivity (Wildman–Crippen MR) is 67.0 cm³/mol. The topological polar surface area (TPSA) is 41.0 Å². The highest BCUT2D eigenvalue weighted by atomic mass is 15.2. The molecular weight excluding hydrogens is 200 g/mol. The largest absolute Gasteiger partial charge is 0.370 e. The summed E-state index contributed by atoms with van der Waals surface area (Å²) in [5.74, 6) is 2.84. The Bertz CT molecular complexity index is 364. The van der Waals surface area contributed by atoms with Gasteiger partial charge < -0.3 is 10.2 Å². The first-order valence-corrected chi connectivity index (χ1v) is 6.07. The van der Waals surface area contributed by atoms with Gasteiger partial charge in [-0.05, 0) is 33.6 Å². The zero-order valence-electron chi connectivity index (χ0n) is 10.3. The molecule has 0 radical (unpaired) electrons. The van der Waals surface area contributed by atoms with E-state index in [1.807, 2.05) is 6.92 Å². The van der Waals surface area contributed by atoms with Gasteiger partial charge in [0.1, 0.15) is 17.5 Å². The van der Waals surface area contributed by atoms with Crippen molar-refractivity contribution in [1.29, 1.82) is 0 Å². The normalized spacial score (nSPS) is 20.2. The van der Waals surface area contributed by atoms with E-state index in [0.717, 1.165) is 30.5 Å². The van der Waals surface area contributed by atoms with Crippen LogP contribution in [0.3, 0.4) is 0 Å². The summed E-state index contributed by atoms with van der Waals surface area (Å²) in [4.78, 5) is 11.3. The highest BCUT2D eigenvalue weighted by Gasteiger charge is 2.22. The maximum Gasteiger partial charge on any atom is 0.134 e. The Morgan fingerprint density at radius 3 is 2.94 bits per heavy atom. The van der Waals surface area contributed by atoms with E-state index < -0.39 is 0 Å². The third-order valence-electron chi connectivity index (χ3n) is 3.03. The minimum Gasteiger partial charge on any atom is -0.370 e. The standard InChI is InChI=1S/C12H20N4/c1-4-13-11-8-12(15-10(3)14-11)16-7-5-6-9(16)2/h8-9H,4-7H2,1-3H3,(H,13,14,15). The van der Waals surface area contributed by atoms with E-state index in [9.17, 15) is 0 Å². The van der Waals surface area contributed by atoms with Crippen LogP contribution in [0.4, 0.5) is 11.6 Å². The van der Waals surface area contributed by atoms with Crippen LogP contribution in [-0.4, -0.2) is 29.1 Å². The van der Waals surface area contributed by atoms with Crippen LogP contribution in [0.1, 0.15) is 32.5 Å². The van der Waals surface area contributed by atoms with Crippen molar-refractivity contribution in [2.75, 3.05) is 23.3 Å². The Labute approximate surface area is 97.1 Å². The summed E-state index contributed by atoms with van der Waals surface area (Å²) in [7, 11) is 0. The fourth-order valence-corrected chi connectivity index (χ4v) is 2.24. The first kappa shape index (κ1) is 11.2. The maximum absolute atomic E-state index is 4.52. The number of anilines is 2. The Balaban J connectivity index is 2.25. The van der Waals surface area contributed by atoms with Crippen LogP contribution in [0.15, 0.2) is 6.07 Å². The molecule has 0 spiro atoms. The number of nitrogens with zero attached hydrogens (tertiary/aromatic N) is 3. The molecule has 1 N–H and O–H groups in total. The molecule has 88 valence electrons. The van der Waals surface area contributed by atoms with Gasteiger partial charge in [-0.2, -0.15) is 0 Å². The van der Waals surface area contributed by atoms with E-state index >= 15 is 0 Å². The van der Waals surface area contributed by atoms with Gasteiger partial charge in [-0.1, -0.05) is 0 Å². The van der Waals surface area contributed by atoms with Crippen molar-refractivity contribution in [3.05, 3.63) is 11.9 Å². The van der Waals surface area contributed by atoms with Crippen LogP contribution in [0.5, 0.6) is 0 Å². The summed E-state index contributed by atoms with van der Waals surface area (Å²) >= 11 is 0. The van der Waals surface area contributed by atoms with Gasteiger partial charge in [0.15, 0.2) is 0 Å². The Morgan fingerprint density at radius 1 is 1.50 bits per heavy atom. The summed E-state index contributed by atoms with van der Waals surface area (Å²) in [6.45, 7) is 8.30. The molecule has 16 heavy (non-hydrogen) atoms. The fraction of sp³-hybridized carbons (Fsp3) is 0.667. The van der Waals surface area contributed by atoms with Crippen LogP contribution in [0.25, 0.3) is 0 Å². The van der Waals surface area contributed by atoms with Gasteiger partial charge in [-0.15, -0.1) is 0 Å². The average molecular weight is 220 g/mol. The molecule has 4 heteroatoms. The molecule has 4 nitrogen and oxygen atoms in total. The number of hydrogen-bond donors (Lipinski definition) is 1. The third kappa shape index (κ3) is 2.26. The molecule has 1 aliphatic rings. The van der Waals surface area contributed by atoms with Crippen molar-refractivity contribution in [3.63, 3.8) is 0 Å². The monoisotopic (exact) mass is 220 g/mol. The number of aromatic nitrogens is 2. The Morgan fingerprint density at radius 2 is 2.31 bits per heavy atom. The minimum atomic E-state index is 0.601. The van der Waals surface area contributed by atoms with E-state index in [4.69, 9.17) is 0 Å². The zero-order valence-corrected chi connectivity index (χ0v) is 10.3. The van der Waals surface area contributed by atoms with Crippen LogP contribution < -0.4 is 10.2 Å². The highest BCUT2D eigenvalue weighted by Crippen LogP contribution is 2.24. The van der Waals surface area contributed by atoms with Gasteiger partial charge in [0.05, 0.1) is 0 Å². The van der Waals surface area contributed by atoms with Crippen LogP contribution in [0.2, 0.25) is 0 Å². The van der Waals surface area contributed by atoms with E-state index in [1.165, 1.54) is 12.8 Å². The zero-order chi connectivity index (χ0) is 11.5. The molecule has 1 aromatic heterocycles. The molecule has 2 rings (SSSR count). The first-order chi connectivity index (χ1) is 7.70. The van der Waals surface area contributed by atoms with Crippen molar-refractivity contribution in [2.24, 2.45) is 0 Å². The Hall–Kier alpha value is -1.32. The SMILES string of the molecule is CCNc1cc(N2CCCC2C)nc(C)n1. The molecule has 1 atom stereocenters. The summed E-state index contributed by atoms with van der Waals surface area (Å²) < 4.78 is 0. The van der Waals surface area contributed by atoms with Crippen molar-refractivity contribution < 1.29 is 0 Å². The minimum absolute atomic E-state index is 0.601. The number of nitrogens with one attached hydrogen (secondary N) is 1. The molecule has 0 aromatic carbocycles. The average Bonchev–Trinajstić information content (AvgIpc) is 2.64. The molecule has 1 fully saturated rings. The Kier molecular flexibility index (Phi) is 3.27. The number of rotatable bonds is 3. The molecule has 2 heterocycles. The fourth-order valence-electron chi connectivity index (χ4n) is 2.24. The second kappa shape index (κ2) is 4.68. The molecule has 1 unspecified atom stereocenters. The molecule has 0 saturated carbocycles. The van der Waals surface area contributed by atoms with Gasteiger partial charge in [0.25, 0.3) is 0 Å². The molecular formula is C12H20N4. The van der Waals surface area contributed by atoms with E-state index in [1.54, 1.807) is 0 Å². The molecule has 1 aromatic rings. The van der Waals surface area contributed by atoms with Crippen molar-refractivity contribution >= 4 is 11.6 Å². The number of hydrogen-bond acceptors (Lipinski definition) is 4. The smallest absolute Gasteiger partial charge is 0.134 e. The molecule has 0 amide bonds. The van der Waals surface area contributed by atoms with Crippen LogP contribution in [0, 0.1) is 6.92 Å². The van der Waals surface area contributed by atoms with Crippen molar-refractivity contribution in [3.8, 4) is 0 Å². The van der Waals surface area contributed by atoms with E-state index in [-0.39, 0.29) is 0 Å². The second-order valence-corrected chi connectivity index (χ2v) is 4.37. The summed E-state index contributed by atoms with van der Waals surface area (Å²) in [6, 6.07) is 2.65. The summed E-state index contributed by atoms with van der Waals surface area (Å²) in [5, 5.41) is 3.25. The lowest BCUT2D eigenvalue weighted by atomic mass is 10.2.